The minimum Gasteiger partial charge on any atom is -0.550 e. The predicted octanol–water partition coefficient (Wildman–Crippen LogP) is 3.68. The van der Waals surface area contributed by atoms with Gasteiger partial charge < -0.3 is 19.5 Å². The minimum absolute atomic E-state index is 0.363. The Kier molecular flexibility index (Phi) is 14.7. The second-order valence-electron chi connectivity index (χ2n) is 7.94. The van der Waals surface area contributed by atoms with Gasteiger partial charge in [-0.25, -0.2) is 0 Å². The highest BCUT2D eigenvalue weighted by Gasteiger charge is 2.31. The summed E-state index contributed by atoms with van der Waals surface area (Å²) in [6, 6.07) is 0. The Morgan fingerprint density at radius 2 is 1.62 bits per heavy atom. The molecule has 154 valence electrons. The quantitative estimate of drug-likeness (QED) is 0.242. The van der Waals surface area contributed by atoms with E-state index in [0.717, 1.165) is 75.4 Å². The van der Waals surface area contributed by atoms with Gasteiger partial charge in [-0.1, -0.05) is 45.8 Å². The number of carboxylic acids is 1. The van der Waals surface area contributed by atoms with Gasteiger partial charge in [-0.3, -0.25) is 0 Å². The van der Waals surface area contributed by atoms with E-state index in [9.17, 15) is 15.0 Å². The number of aliphatic hydroxyl groups excluding tert-OH is 1. The molecule has 0 heterocycles. The lowest BCUT2D eigenvalue weighted by atomic mass is 10.0. The molecule has 0 aliphatic carbocycles. The molecule has 0 aromatic carbocycles. The Morgan fingerprint density at radius 1 is 1.04 bits per heavy atom. The average Bonchev–Trinajstić information content (AvgIpc) is 2.59. The fraction of sp³-hybridized carbons (Fsp3) is 0.864. The maximum atomic E-state index is 11.4. The molecule has 0 bridgehead atoms. The van der Waals surface area contributed by atoms with Gasteiger partial charge in [-0.2, -0.15) is 0 Å². The largest absolute Gasteiger partial charge is 0.550 e. The first kappa shape index (κ1) is 25.1. The standard InChI is InChI=1S/C22H43NO3/c1-5-8-11-12-15-21(24)19-23(16-13-9-6-2,17-14-10-7-3)18-20(4)22(25)26/h5,8,20-21,24H,6-7,9-19H2,1-4H3/b8-5+. The SMILES string of the molecule is C/C=C/CCCC(O)C[N+](CCCCC)(CCCCC)CC(C)C(=O)[O-]. The second-order valence-corrected chi connectivity index (χ2v) is 7.94. The lowest BCUT2D eigenvalue weighted by molar-refractivity contribution is -0.933. The summed E-state index contributed by atoms with van der Waals surface area (Å²) in [5.41, 5.74) is 0. The zero-order chi connectivity index (χ0) is 19.8. The number of carbonyl (C=O) groups excluding carboxylic acids is 1. The van der Waals surface area contributed by atoms with Gasteiger partial charge in [0.25, 0.3) is 0 Å². The molecule has 0 fully saturated rings. The third-order valence-corrected chi connectivity index (χ3v) is 5.28. The van der Waals surface area contributed by atoms with Crippen LogP contribution in [-0.2, 0) is 4.79 Å². The summed E-state index contributed by atoms with van der Waals surface area (Å²) >= 11 is 0. The third-order valence-electron chi connectivity index (χ3n) is 5.28. The molecule has 0 aliphatic heterocycles. The fourth-order valence-electron chi connectivity index (χ4n) is 3.78. The topological polar surface area (TPSA) is 60.4 Å². The minimum atomic E-state index is -0.971. The molecular formula is C22H43NO3. The summed E-state index contributed by atoms with van der Waals surface area (Å²) < 4.78 is 0.722. The number of nitrogens with zero attached hydrogens (tertiary/aromatic N) is 1. The summed E-state index contributed by atoms with van der Waals surface area (Å²) in [5.74, 6) is -1.45. The summed E-state index contributed by atoms with van der Waals surface area (Å²) in [6.07, 6.45) is 13.4. The molecule has 0 rings (SSSR count). The highest BCUT2D eigenvalue weighted by molar-refractivity contribution is 5.67. The molecule has 0 aromatic heterocycles. The number of carbonyl (C=O) groups is 1. The number of aliphatic carboxylic acids is 1. The van der Waals surface area contributed by atoms with Gasteiger partial charge in [0.2, 0.25) is 0 Å². The van der Waals surface area contributed by atoms with E-state index in [0.29, 0.717) is 13.1 Å². The van der Waals surface area contributed by atoms with Crippen LogP contribution in [0.15, 0.2) is 12.2 Å². The highest BCUT2D eigenvalue weighted by atomic mass is 16.4. The molecule has 26 heavy (non-hydrogen) atoms. The average molecular weight is 370 g/mol. The van der Waals surface area contributed by atoms with Crippen LogP contribution in [0.3, 0.4) is 0 Å². The lowest BCUT2D eigenvalue weighted by Gasteiger charge is -2.42. The van der Waals surface area contributed by atoms with Crippen LogP contribution in [-0.4, -0.2) is 47.8 Å². The number of allylic oxidation sites excluding steroid dienone is 2. The van der Waals surface area contributed by atoms with Crippen molar-refractivity contribution in [3.8, 4) is 0 Å². The molecule has 2 atom stereocenters. The van der Waals surface area contributed by atoms with Crippen molar-refractivity contribution in [2.45, 2.75) is 91.6 Å². The molecule has 0 aliphatic rings. The van der Waals surface area contributed by atoms with E-state index >= 15 is 0 Å². The number of unbranched alkanes of at least 4 members (excludes halogenated alkanes) is 5. The summed E-state index contributed by atoms with van der Waals surface area (Å²) in [6.45, 7) is 11.3. The van der Waals surface area contributed by atoms with Gasteiger partial charge in [-0.05, 0) is 51.9 Å². The van der Waals surface area contributed by atoms with Crippen LogP contribution in [0.5, 0.6) is 0 Å². The van der Waals surface area contributed by atoms with Crippen molar-refractivity contribution < 1.29 is 19.5 Å². The normalized spacial score (nSPS) is 14.7. The Labute approximate surface area is 161 Å². The molecule has 0 spiro atoms. The number of hydrogen-bond acceptors (Lipinski definition) is 3. The smallest absolute Gasteiger partial charge is 0.105 e. The number of hydrogen-bond donors (Lipinski definition) is 1. The van der Waals surface area contributed by atoms with E-state index in [1.165, 1.54) is 0 Å². The Balaban J connectivity index is 5.07. The van der Waals surface area contributed by atoms with Gasteiger partial charge in [0, 0.05) is 11.9 Å². The molecule has 0 saturated heterocycles. The van der Waals surface area contributed by atoms with Gasteiger partial charge in [0.1, 0.15) is 12.6 Å². The molecule has 2 unspecified atom stereocenters. The Bertz CT molecular complexity index is 372. The number of rotatable bonds is 17. The predicted molar refractivity (Wildman–Crippen MR) is 108 cm³/mol. The van der Waals surface area contributed by atoms with Crippen LogP contribution in [0, 0.1) is 5.92 Å². The van der Waals surface area contributed by atoms with Crippen LogP contribution < -0.4 is 5.11 Å². The van der Waals surface area contributed by atoms with Crippen molar-refractivity contribution in [1.29, 1.82) is 0 Å². The van der Waals surface area contributed by atoms with Crippen molar-refractivity contribution in [3.05, 3.63) is 12.2 Å². The number of carboxylic acid groups (broad SMARTS) is 1. The van der Waals surface area contributed by atoms with Gasteiger partial charge >= 0.3 is 0 Å². The van der Waals surface area contributed by atoms with E-state index in [2.05, 4.69) is 19.9 Å². The van der Waals surface area contributed by atoms with Crippen LogP contribution in [0.4, 0.5) is 0 Å². The van der Waals surface area contributed by atoms with E-state index in [-0.39, 0.29) is 6.10 Å². The summed E-state index contributed by atoms with van der Waals surface area (Å²) in [7, 11) is 0. The molecule has 1 N–H and O–H groups in total. The molecule has 0 aromatic rings. The van der Waals surface area contributed by atoms with Gasteiger partial charge in [-0.15, -0.1) is 0 Å². The van der Waals surface area contributed by atoms with Crippen molar-refractivity contribution in [2.75, 3.05) is 26.2 Å². The Hall–Kier alpha value is -0.870. The van der Waals surface area contributed by atoms with Crippen LogP contribution in [0.25, 0.3) is 0 Å². The summed E-state index contributed by atoms with van der Waals surface area (Å²) in [4.78, 5) is 11.4. The van der Waals surface area contributed by atoms with Crippen molar-refractivity contribution >= 4 is 5.97 Å². The zero-order valence-corrected chi connectivity index (χ0v) is 17.7. The van der Waals surface area contributed by atoms with Crippen LogP contribution in [0.2, 0.25) is 0 Å². The molecule has 4 nitrogen and oxygen atoms in total. The van der Waals surface area contributed by atoms with Gasteiger partial charge in [0.05, 0.1) is 19.6 Å². The first-order chi connectivity index (χ1) is 12.4. The maximum absolute atomic E-state index is 11.4. The molecule has 0 saturated carbocycles. The molecule has 0 radical (unpaired) electrons. The fourth-order valence-corrected chi connectivity index (χ4v) is 3.78. The lowest BCUT2D eigenvalue weighted by Crippen LogP contribution is -2.57. The molecule has 4 heteroatoms. The second kappa shape index (κ2) is 15.2. The third kappa shape index (κ3) is 11.7. The van der Waals surface area contributed by atoms with E-state index in [1.54, 1.807) is 6.92 Å². The highest BCUT2D eigenvalue weighted by Crippen LogP contribution is 2.20. The zero-order valence-electron chi connectivity index (χ0n) is 17.7. The first-order valence-corrected chi connectivity index (χ1v) is 10.8. The van der Waals surface area contributed by atoms with Crippen molar-refractivity contribution in [3.63, 3.8) is 0 Å². The van der Waals surface area contributed by atoms with Crippen molar-refractivity contribution in [1.82, 2.24) is 0 Å². The Morgan fingerprint density at radius 3 is 2.08 bits per heavy atom. The number of quaternary nitrogens is 1. The monoisotopic (exact) mass is 369 g/mol. The van der Waals surface area contributed by atoms with Gasteiger partial charge in [0.15, 0.2) is 0 Å². The maximum Gasteiger partial charge on any atom is 0.105 e. The van der Waals surface area contributed by atoms with Crippen LogP contribution >= 0.6 is 0 Å². The van der Waals surface area contributed by atoms with Crippen LogP contribution in [0.1, 0.15) is 85.5 Å². The first-order valence-electron chi connectivity index (χ1n) is 10.8. The number of aliphatic hydroxyl groups is 1. The van der Waals surface area contributed by atoms with E-state index in [1.807, 2.05) is 13.0 Å². The molecular weight excluding hydrogens is 326 g/mol. The summed E-state index contributed by atoms with van der Waals surface area (Å²) in [5, 5.41) is 22.0. The van der Waals surface area contributed by atoms with Crippen molar-refractivity contribution in [2.24, 2.45) is 5.92 Å². The molecule has 0 amide bonds. The van der Waals surface area contributed by atoms with E-state index in [4.69, 9.17) is 0 Å². The van der Waals surface area contributed by atoms with E-state index < -0.39 is 11.9 Å².